The van der Waals surface area contributed by atoms with Gasteiger partial charge in [-0.25, -0.2) is 0 Å². The molecular weight excluding hydrogens is 901 g/mol. The fourth-order valence-electron chi connectivity index (χ4n) is 10.9. The molecule has 0 bridgehead atoms. The highest BCUT2D eigenvalue weighted by Crippen LogP contribution is 2.46. The Hall–Kier alpha value is -9.64. The van der Waals surface area contributed by atoms with Gasteiger partial charge in [-0.05, 0) is 163 Å². The fraction of sp³-hybridized carbons (Fsp3) is 0.0286. The molecule has 0 saturated carbocycles. The molecule has 13 rings (SSSR count). The summed E-state index contributed by atoms with van der Waals surface area (Å²) in [5, 5.41) is 7.31. The number of para-hydroxylation sites is 3. The molecule has 4 heteroatoms. The van der Waals surface area contributed by atoms with Crippen LogP contribution in [0.1, 0.15) is 0 Å². The molecule has 0 aliphatic carbocycles. The Kier molecular flexibility index (Phi) is 11.3. The quantitative estimate of drug-likeness (QED) is 0.129. The zero-order chi connectivity index (χ0) is 49.5. The lowest BCUT2D eigenvalue weighted by Gasteiger charge is -2.28. The Bertz CT molecular complexity index is 3980. The minimum Gasteiger partial charge on any atom is -0.497 e. The van der Waals surface area contributed by atoms with Crippen molar-refractivity contribution in [3.8, 4) is 72.8 Å². The van der Waals surface area contributed by atoms with Crippen LogP contribution in [-0.2, 0) is 0 Å². The van der Waals surface area contributed by atoms with Gasteiger partial charge in [0, 0.05) is 33.4 Å². The van der Waals surface area contributed by atoms with Crippen LogP contribution in [0.15, 0.2) is 267 Å². The third kappa shape index (κ3) is 8.00. The van der Waals surface area contributed by atoms with Gasteiger partial charge in [-0.3, -0.25) is 0 Å². The summed E-state index contributed by atoms with van der Waals surface area (Å²) in [7, 11) is 3.43. The highest BCUT2D eigenvalue weighted by Gasteiger charge is 2.21. The Morgan fingerprint density at radius 3 is 1.18 bits per heavy atom. The zero-order valence-electron chi connectivity index (χ0n) is 41.1. The third-order valence-corrected chi connectivity index (χ3v) is 14.6. The third-order valence-electron chi connectivity index (χ3n) is 14.6. The van der Waals surface area contributed by atoms with Gasteiger partial charge in [-0.15, -0.1) is 0 Å². The summed E-state index contributed by atoms with van der Waals surface area (Å²) in [6, 6.07) is 96.6. The average Bonchev–Trinajstić information content (AvgIpc) is 3.81. The summed E-state index contributed by atoms with van der Waals surface area (Å²) in [6.07, 6.45) is 0. The molecule has 0 spiro atoms. The SMILES string of the molecule is COc1ccc(-c2cc(N(c3ccc(-c4ccccc4-n4c5ccccc5c5ccccc54)cc3)c3ccc(-c4ccc5ccccc5c4)c(-c4ccc(OC)cc4)c3)ccc2-c2ccc3ccccc3c2)cc1. The van der Waals surface area contributed by atoms with E-state index in [2.05, 4.69) is 252 Å². The number of fused-ring (bicyclic) bond motifs is 5. The normalized spacial score (nSPS) is 11.4. The van der Waals surface area contributed by atoms with Gasteiger partial charge in [0.2, 0.25) is 0 Å². The molecule has 0 N–H and O–H groups in total. The van der Waals surface area contributed by atoms with Gasteiger partial charge in [-0.1, -0.05) is 176 Å². The number of methoxy groups -OCH3 is 2. The van der Waals surface area contributed by atoms with E-state index in [1.54, 1.807) is 14.2 Å². The first kappa shape index (κ1) is 44.3. The van der Waals surface area contributed by atoms with Gasteiger partial charge in [0.25, 0.3) is 0 Å². The highest BCUT2D eigenvalue weighted by molar-refractivity contribution is 6.10. The van der Waals surface area contributed by atoms with Crippen molar-refractivity contribution < 1.29 is 9.47 Å². The van der Waals surface area contributed by atoms with Crippen LogP contribution < -0.4 is 14.4 Å². The summed E-state index contributed by atoms with van der Waals surface area (Å²) in [5.41, 5.74) is 17.9. The molecule has 0 radical (unpaired) electrons. The van der Waals surface area contributed by atoms with Crippen LogP contribution in [0.4, 0.5) is 17.1 Å². The van der Waals surface area contributed by atoms with Crippen molar-refractivity contribution in [3.05, 3.63) is 267 Å². The first-order valence-corrected chi connectivity index (χ1v) is 25.1. The summed E-state index contributed by atoms with van der Waals surface area (Å²) in [6.45, 7) is 0. The number of aromatic nitrogens is 1. The Balaban J connectivity index is 1.01. The van der Waals surface area contributed by atoms with E-state index in [9.17, 15) is 0 Å². The van der Waals surface area contributed by atoms with Crippen LogP contribution in [0, 0.1) is 0 Å². The molecule has 0 fully saturated rings. The molecule has 1 heterocycles. The van der Waals surface area contributed by atoms with Gasteiger partial charge < -0.3 is 18.9 Å². The fourth-order valence-corrected chi connectivity index (χ4v) is 10.9. The van der Waals surface area contributed by atoms with E-state index in [0.717, 1.165) is 89.9 Å². The highest BCUT2D eigenvalue weighted by atomic mass is 16.5. The average molecular weight is 951 g/mol. The molecule has 0 amide bonds. The topological polar surface area (TPSA) is 26.6 Å². The van der Waals surface area contributed by atoms with Crippen molar-refractivity contribution in [1.82, 2.24) is 4.57 Å². The second-order valence-electron chi connectivity index (χ2n) is 18.8. The molecule has 0 saturated heterocycles. The summed E-state index contributed by atoms with van der Waals surface area (Å²) in [4.78, 5) is 2.40. The second kappa shape index (κ2) is 18.8. The predicted octanol–water partition coefficient (Wildman–Crippen LogP) is 18.9. The van der Waals surface area contributed by atoms with Crippen LogP contribution in [0.5, 0.6) is 11.5 Å². The molecule has 0 atom stereocenters. The molecule has 0 unspecified atom stereocenters. The standard InChI is InChI=1S/C70H50N2O2/c1-73-59-37-29-50(30-38-59)66-45-57(35-41-61(66)54-25-23-47-13-3-5-15-52(47)43-54)71(58-36-42-62(55-26-24-48-14-4-6-16-53(48)44-55)67(46-58)51-31-39-60(74-2)40-32-51)56-33-27-49(28-34-56)63-17-7-10-20-68(63)72-69-21-11-8-18-64(69)65-19-9-12-22-70(65)72/h3-46H,1-2H3. The molecular formula is C70H50N2O2. The molecule has 12 aromatic carbocycles. The molecule has 4 nitrogen and oxygen atoms in total. The van der Waals surface area contributed by atoms with Gasteiger partial charge in [0.05, 0.1) is 30.9 Å². The minimum atomic E-state index is 0.816. The van der Waals surface area contributed by atoms with Crippen LogP contribution in [0.3, 0.4) is 0 Å². The van der Waals surface area contributed by atoms with E-state index in [1.807, 2.05) is 24.3 Å². The maximum absolute atomic E-state index is 5.66. The number of hydrogen-bond acceptors (Lipinski definition) is 3. The number of hydrogen-bond donors (Lipinski definition) is 0. The molecule has 352 valence electrons. The monoisotopic (exact) mass is 950 g/mol. The van der Waals surface area contributed by atoms with Crippen LogP contribution in [0.2, 0.25) is 0 Å². The van der Waals surface area contributed by atoms with Crippen molar-refractivity contribution in [2.45, 2.75) is 0 Å². The van der Waals surface area contributed by atoms with Crippen molar-refractivity contribution in [1.29, 1.82) is 0 Å². The number of rotatable bonds is 11. The second-order valence-corrected chi connectivity index (χ2v) is 18.8. The zero-order valence-corrected chi connectivity index (χ0v) is 41.1. The summed E-state index contributed by atoms with van der Waals surface area (Å²) >= 11 is 0. The summed E-state index contributed by atoms with van der Waals surface area (Å²) < 4.78 is 13.7. The Labute approximate surface area is 431 Å². The lowest BCUT2D eigenvalue weighted by molar-refractivity contribution is 0.415. The lowest BCUT2D eigenvalue weighted by Crippen LogP contribution is -2.11. The lowest BCUT2D eigenvalue weighted by atomic mass is 9.91. The molecule has 74 heavy (non-hydrogen) atoms. The predicted molar refractivity (Wildman–Crippen MR) is 311 cm³/mol. The van der Waals surface area contributed by atoms with Crippen LogP contribution in [-0.4, -0.2) is 18.8 Å². The number of anilines is 3. The maximum Gasteiger partial charge on any atom is 0.118 e. The maximum atomic E-state index is 5.66. The first-order chi connectivity index (χ1) is 36.6. The molecule has 1 aromatic heterocycles. The van der Waals surface area contributed by atoms with E-state index >= 15 is 0 Å². The molecule has 0 aliphatic heterocycles. The van der Waals surface area contributed by atoms with Gasteiger partial charge in [0.15, 0.2) is 0 Å². The van der Waals surface area contributed by atoms with E-state index < -0.39 is 0 Å². The Morgan fingerprint density at radius 2 is 0.676 bits per heavy atom. The van der Waals surface area contributed by atoms with Crippen molar-refractivity contribution in [3.63, 3.8) is 0 Å². The van der Waals surface area contributed by atoms with E-state index in [4.69, 9.17) is 9.47 Å². The Morgan fingerprint density at radius 1 is 0.284 bits per heavy atom. The minimum absolute atomic E-state index is 0.816. The number of nitrogens with zero attached hydrogens (tertiary/aromatic N) is 2. The smallest absolute Gasteiger partial charge is 0.118 e. The van der Waals surface area contributed by atoms with Crippen molar-refractivity contribution >= 4 is 60.4 Å². The largest absolute Gasteiger partial charge is 0.497 e. The van der Waals surface area contributed by atoms with E-state index in [1.165, 1.54) is 43.4 Å². The summed E-state index contributed by atoms with van der Waals surface area (Å²) in [5.74, 6) is 1.63. The van der Waals surface area contributed by atoms with E-state index in [0.29, 0.717) is 0 Å². The van der Waals surface area contributed by atoms with Crippen LogP contribution in [0.25, 0.3) is 105 Å². The van der Waals surface area contributed by atoms with Crippen LogP contribution >= 0.6 is 0 Å². The first-order valence-electron chi connectivity index (χ1n) is 25.1. The van der Waals surface area contributed by atoms with Crippen molar-refractivity contribution in [2.24, 2.45) is 0 Å². The number of ether oxygens (including phenoxy) is 2. The molecule has 13 aromatic rings. The van der Waals surface area contributed by atoms with E-state index in [-0.39, 0.29) is 0 Å². The van der Waals surface area contributed by atoms with Crippen molar-refractivity contribution in [2.75, 3.05) is 19.1 Å². The van der Waals surface area contributed by atoms with Gasteiger partial charge in [0.1, 0.15) is 11.5 Å². The van der Waals surface area contributed by atoms with Gasteiger partial charge in [-0.2, -0.15) is 0 Å². The molecule has 0 aliphatic rings. The number of benzene rings is 12. The van der Waals surface area contributed by atoms with Gasteiger partial charge >= 0.3 is 0 Å².